The van der Waals surface area contributed by atoms with E-state index in [1.54, 1.807) is 0 Å². The summed E-state index contributed by atoms with van der Waals surface area (Å²) in [5, 5.41) is 0. The van der Waals surface area contributed by atoms with Gasteiger partial charge in [-0.05, 0) is 31.0 Å². The molecule has 1 N–H and O–H groups in total. The van der Waals surface area contributed by atoms with Crippen LogP contribution in [0.3, 0.4) is 0 Å². The highest BCUT2D eigenvalue weighted by molar-refractivity contribution is 7.89. The van der Waals surface area contributed by atoms with Crippen LogP contribution in [0.2, 0.25) is 0 Å². The minimum atomic E-state index is -3.69. The molecule has 6 heteroatoms. The van der Waals surface area contributed by atoms with Crippen molar-refractivity contribution in [2.24, 2.45) is 0 Å². The summed E-state index contributed by atoms with van der Waals surface area (Å²) in [5.74, 6) is -0.103. The van der Waals surface area contributed by atoms with Crippen LogP contribution in [0, 0.1) is 0 Å². The molecule has 0 saturated carbocycles. The molecule has 0 aliphatic heterocycles. The van der Waals surface area contributed by atoms with Gasteiger partial charge in [-0.15, -0.1) is 0 Å². The second-order valence-electron chi connectivity index (χ2n) is 5.54. The Kier molecular flexibility index (Phi) is 6.25. The van der Waals surface area contributed by atoms with Gasteiger partial charge in [0.05, 0.1) is 11.5 Å². The molecule has 1 unspecified atom stereocenters. The molecule has 1 atom stereocenters. The zero-order chi connectivity index (χ0) is 17.6. The number of nitrogens with one attached hydrogen (secondary N) is 1. The minimum absolute atomic E-state index is 0.103. The first-order chi connectivity index (χ1) is 11.4. The summed E-state index contributed by atoms with van der Waals surface area (Å²) in [6.45, 7) is 1.70. The molecule has 2 rings (SSSR count). The Hall–Kier alpha value is -2.02. The van der Waals surface area contributed by atoms with Crippen molar-refractivity contribution in [3.8, 4) is 0 Å². The Balaban J connectivity index is 2.15. The Morgan fingerprint density at radius 3 is 2.25 bits per heavy atom. The van der Waals surface area contributed by atoms with Crippen LogP contribution in [-0.4, -0.2) is 34.0 Å². The van der Waals surface area contributed by atoms with E-state index in [4.69, 9.17) is 4.74 Å². The predicted molar refractivity (Wildman–Crippen MR) is 92.6 cm³/mol. The first-order valence-electron chi connectivity index (χ1n) is 7.58. The third-order valence-electron chi connectivity index (χ3n) is 3.59. The number of hydrogen-bond acceptors (Lipinski definition) is 4. The Bertz CT molecular complexity index is 770. The molecule has 0 radical (unpaired) electrons. The van der Waals surface area contributed by atoms with Crippen LogP contribution in [0.5, 0.6) is 0 Å². The van der Waals surface area contributed by atoms with Crippen LogP contribution in [0.1, 0.15) is 22.8 Å². The van der Waals surface area contributed by atoms with E-state index in [0.29, 0.717) is 12.0 Å². The van der Waals surface area contributed by atoms with Crippen molar-refractivity contribution in [2.75, 3.05) is 13.7 Å². The number of rotatable bonds is 8. The molecule has 0 amide bonds. The largest absolute Gasteiger partial charge is 0.383 e. The molecule has 0 aliphatic carbocycles. The molecule has 0 spiro atoms. The summed E-state index contributed by atoms with van der Waals surface area (Å²) in [5.41, 5.74) is 1.50. The molecule has 128 valence electrons. The van der Waals surface area contributed by atoms with Gasteiger partial charge in [-0.25, -0.2) is 13.1 Å². The molecule has 24 heavy (non-hydrogen) atoms. The van der Waals surface area contributed by atoms with Crippen LogP contribution in [-0.2, 0) is 21.2 Å². The van der Waals surface area contributed by atoms with Crippen LogP contribution in [0.4, 0.5) is 0 Å². The van der Waals surface area contributed by atoms with Gasteiger partial charge in [0.2, 0.25) is 10.0 Å². The van der Waals surface area contributed by atoms with E-state index in [0.717, 1.165) is 5.56 Å². The second kappa shape index (κ2) is 8.19. The first-order valence-corrected chi connectivity index (χ1v) is 9.07. The number of methoxy groups -OCH3 is 1. The SMILES string of the molecule is COCC(Cc1ccccc1)NS(=O)(=O)c1ccc(C(C)=O)cc1. The highest BCUT2D eigenvalue weighted by Gasteiger charge is 2.20. The summed E-state index contributed by atoms with van der Waals surface area (Å²) in [6.07, 6.45) is 0.527. The predicted octanol–water partition coefficient (Wildman–Crippen LogP) is 2.43. The van der Waals surface area contributed by atoms with E-state index >= 15 is 0 Å². The molecule has 0 aliphatic rings. The lowest BCUT2D eigenvalue weighted by atomic mass is 10.1. The normalized spacial score (nSPS) is 12.8. The number of hydrogen-bond donors (Lipinski definition) is 1. The highest BCUT2D eigenvalue weighted by atomic mass is 32.2. The lowest BCUT2D eigenvalue weighted by Crippen LogP contribution is -2.39. The molecule has 0 fully saturated rings. The van der Waals surface area contributed by atoms with E-state index in [-0.39, 0.29) is 23.3 Å². The zero-order valence-corrected chi connectivity index (χ0v) is 14.5. The van der Waals surface area contributed by atoms with Gasteiger partial charge in [0.1, 0.15) is 0 Å². The number of carbonyl (C=O) groups is 1. The van der Waals surface area contributed by atoms with Crippen molar-refractivity contribution in [1.82, 2.24) is 4.72 Å². The number of ether oxygens (including phenoxy) is 1. The summed E-state index contributed by atoms with van der Waals surface area (Å²) in [6, 6.07) is 15.1. The highest BCUT2D eigenvalue weighted by Crippen LogP contribution is 2.13. The smallest absolute Gasteiger partial charge is 0.240 e. The fourth-order valence-electron chi connectivity index (χ4n) is 2.39. The van der Waals surface area contributed by atoms with Gasteiger partial charge in [-0.2, -0.15) is 0 Å². The van der Waals surface area contributed by atoms with E-state index in [9.17, 15) is 13.2 Å². The van der Waals surface area contributed by atoms with Gasteiger partial charge in [0.25, 0.3) is 0 Å². The van der Waals surface area contributed by atoms with Gasteiger partial charge >= 0.3 is 0 Å². The second-order valence-corrected chi connectivity index (χ2v) is 7.26. The van der Waals surface area contributed by atoms with Crippen molar-refractivity contribution < 1.29 is 17.9 Å². The van der Waals surface area contributed by atoms with Crippen molar-refractivity contribution in [1.29, 1.82) is 0 Å². The van der Waals surface area contributed by atoms with Gasteiger partial charge in [0.15, 0.2) is 5.78 Å². The van der Waals surface area contributed by atoms with Gasteiger partial charge < -0.3 is 4.74 Å². The summed E-state index contributed by atoms with van der Waals surface area (Å²) >= 11 is 0. The molecule has 0 aromatic heterocycles. The van der Waals surface area contributed by atoms with Crippen molar-refractivity contribution in [3.63, 3.8) is 0 Å². The monoisotopic (exact) mass is 347 g/mol. The molecule has 0 heterocycles. The topological polar surface area (TPSA) is 72.5 Å². The molecular weight excluding hydrogens is 326 g/mol. The first kappa shape index (κ1) is 18.3. The average molecular weight is 347 g/mol. The molecule has 2 aromatic carbocycles. The average Bonchev–Trinajstić information content (AvgIpc) is 2.56. The zero-order valence-electron chi connectivity index (χ0n) is 13.7. The van der Waals surface area contributed by atoms with Crippen molar-refractivity contribution in [2.45, 2.75) is 24.3 Å². The molecular formula is C18H21NO4S. The van der Waals surface area contributed by atoms with E-state index < -0.39 is 10.0 Å². The van der Waals surface area contributed by atoms with Gasteiger partial charge in [-0.3, -0.25) is 4.79 Å². The minimum Gasteiger partial charge on any atom is -0.383 e. The quantitative estimate of drug-likeness (QED) is 0.745. The number of ketones is 1. The van der Waals surface area contributed by atoms with E-state index in [1.165, 1.54) is 38.3 Å². The lowest BCUT2D eigenvalue weighted by Gasteiger charge is -2.18. The maximum absolute atomic E-state index is 12.5. The fourth-order valence-corrected chi connectivity index (χ4v) is 3.61. The standard InChI is InChI=1S/C18H21NO4S/c1-14(20)16-8-10-18(11-9-16)24(21,22)19-17(13-23-2)12-15-6-4-3-5-7-15/h3-11,17,19H,12-13H2,1-2H3. The van der Waals surface area contributed by atoms with Crippen LogP contribution in [0.25, 0.3) is 0 Å². The lowest BCUT2D eigenvalue weighted by molar-refractivity contribution is 0.101. The number of benzene rings is 2. The Morgan fingerprint density at radius 1 is 1.08 bits per heavy atom. The summed E-state index contributed by atoms with van der Waals surface area (Å²) in [7, 11) is -2.15. The van der Waals surface area contributed by atoms with E-state index in [1.807, 2.05) is 30.3 Å². The maximum atomic E-state index is 12.5. The molecule has 0 bridgehead atoms. The Labute approximate surface area is 142 Å². The number of Topliss-reactive ketones (excluding diaryl/α,β-unsaturated/α-hetero) is 1. The van der Waals surface area contributed by atoms with Crippen molar-refractivity contribution >= 4 is 15.8 Å². The van der Waals surface area contributed by atoms with Gasteiger partial charge in [0, 0.05) is 18.7 Å². The fraction of sp³-hybridized carbons (Fsp3) is 0.278. The summed E-state index contributed by atoms with van der Waals surface area (Å²) in [4.78, 5) is 11.4. The third-order valence-corrected chi connectivity index (χ3v) is 5.12. The van der Waals surface area contributed by atoms with Gasteiger partial charge in [-0.1, -0.05) is 42.5 Å². The Morgan fingerprint density at radius 2 is 1.71 bits per heavy atom. The van der Waals surface area contributed by atoms with Crippen LogP contribution in [0.15, 0.2) is 59.5 Å². The van der Waals surface area contributed by atoms with Crippen LogP contribution < -0.4 is 4.72 Å². The van der Waals surface area contributed by atoms with Crippen molar-refractivity contribution in [3.05, 3.63) is 65.7 Å². The molecule has 2 aromatic rings. The third kappa shape index (κ3) is 4.99. The number of sulfonamides is 1. The molecule has 5 nitrogen and oxygen atoms in total. The maximum Gasteiger partial charge on any atom is 0.240 e. The summed E-state index contributed by atoms with van der Waals surface area (Å²) < 4.78 is 32.9. The van der Waals surface area contributed by atoms with Crippen LogP contribution >= 0.6 is 0 Å². The molecule has 0 saturated heterocycles. The van der Waals surface area contributed by atoms with E-state index in [2.05, 4.69) is 4.72 Å². The number of carbonyl (C=O) groups excluding carboxylic acids is 1.